The first kappa shape index (κ1) is 7.84. The molecule has 0 unspecified atom stereocenters. The predicted molar refractivity (Wildman–Crippen MR) is 30.1 cm³/mol. The topological polar surface area (TPSA) is 80.8 Å². The quantitative estimate of drug-likeness (QED) is 0.364. The molecular formula is C3H7O6P. The summed E-state index contributed by atoms with van der Waals surface area (Å²) in [5, 5.41) is 0. The van der Waals surface area contributed by atoms with E-state index in [2.05, 4.69) is 18.4 Å². The minimum atomic E-state index is -4.30. The Bertz CT molecular complexity index is 174. The Morgan fingerprint density at radius 3 is 2.20 bits per heavy atom. The van der Waals surface area contributed by atoms with Crippen molar-refractivity contribution in [2.75, 3.05) is 7.11 Å². The van der Waals surface area contributed by atoms with Crippen LogP contribution in [0.4, 0.5) is 0 Å². The molecule has 0 aromatic rings. The molecule has 60 valence electrons. The number of hydrogen-bond acceptors (Lipinski definition) is 6. The van der Waals surface area contributed by atoms with E-state index in [-0.39, 0.29) is 0 Å². The standard InChI is InChI=1S/C3H7O6P/c1-3(4)7-10(5,6-2)8-9-10/h5H,1-2H3. The first-order valence-corrected chi connectivity index (χ1v) is 4.27. The van der Waals surface area contributed by atoms with Crippen molar-refractivity contribution in [2.45, 2.75) is 6.92 Å². The molecule has 1 aliphatic heterocycles. The summed E-state index contributed by atoms with van der Waals surface area (Å²) >= 11 is 0. The van der Waals surface area contributed by atoms with Crippen molar-refractivity contribution < 1.29 is 28.1 Å². The van der Waals surface area contributed by atoms with E-state index in [0.29, 0.717) is 0 Å². The van der Waals surface area contributed by atoms with E-state index in [1.165, 1.54) is 0 Å². The summed E-state index contributed by atoms with van der Waals surface area (Å²) in [5.74, 6) is -0.723. The molecule has 6 nitrogen and oxygen atoms in total. The molecule has 1 saturated heterocycles. The van der Waals surface area contributed by atoms with E-state index in [0.717, 1.165) is 14.0 Å². The first-order chi connectivity index (χ1) is 4.48. The van der Waals surface area contributed by atoms with Crippen LogP contribution in [0, 0.1) is 0 Å². The van der Waals surface area contributed by atoms with Gasteiger partial charge in [0.05, 0.1) is 0 Å². The van der Waals surface area contributed by atoms with E-state index in [4.69, 9.17) is 4.89 Å². The van der Waals surface area contributed by atoms with Crippen LogP contribution < -0.4 is 0 Å². The zero-order valence-electron chi connectivity index (χ0n) is 5.44. The van der Waals surface area contributed by atoms with Gasteiger partial charge in [0.1, 0.15) is 0 Å². The molecule has 1 rings (SSSR count). The van der Waals surface area contributed by atoms with Gasteiger partial charge in [0.25, 0.3) is 0 Å². The van der Waals surface area contributed by atoms with Crippen LogP contribution in [0.1, 0.15) is 6.92 Å². The van der Waals surface area contributed by atoms with Crippen molar-refractivity contribution in [1.82, 2.24) is 0 Å². The van der Waals surface area contributed by atoms with Crippen molar-refractivity contribution >= 4 is 13.7 Å². The SMILES string of the molecule is COP1(O)(OC(C)=O)OO1. The number of carbonyl (C=O) groups excluding carboxylic acids is 1. The van der Waals surface area contributed by atoms with E-state index >= 15 is 0 Å². The third kappa shape index (κ3) is 1.25. The van der Waals surface area contributed by atoms with Crippen LogP contribution in [0.5, 0.6) is 0 Å². The molecule has 0 saturated carbocycles. The molecule has 0 aromatic heterocycles. The molecule has 1 heterocycles. The van der Waals surface area contributed by atoms with Crippen molar-refractivity contribution in [3.63, 3.8) is 0 Å². The van der Waals surface area contributed by atoms with Crippen molar-refractivity contribution in [3.05, 3.63) is 0 Å². The summed E-state index contributed by atoms with van der Waals surface area (Å²) in [6, 6.07) is 0. The third-order valence-electron chi connectivity index (χ3n) is 0.849. The van der Waals surface area contributed by atoms with Gasteiger partial charge in [-0.2, -0.15) is 0 Å². The molecule has 1 aliphatic rings. The molecule has 1 N–H and O–H groups in total. The van der Waals surface area contributed by atoms with Crippen molar-refractivity contribution in [2.24, 2.45) is 0 Å². The van der Waals surface area contributed by atoms with Gasteiger partial charge in [-0.05, 0) is 0 Å². The molecule has 7 heteroatoms. The van der Waals surface area contributed by atoms with Crippen LogP contribution in [-0.2, 0) is 23.2 Å². The molecule has 0 bridgehead atoms. The Kier molecular flexibility index (Phi) is 1.47. The average molecular weight is 170 g/mol. The summed E-state index contributed by atoms with van der Waals surface area (Å²) in [4.78, 5) is 19.4. The Morgan fingerprint density at radius 2 is 2.10 bits per heavy atom. The monoisotopic (exact) mass is 170 g/mol. The Labute approximate surface area is 56.9 Å². The second kappa shape index (κ2) is 1.87. The summed E-state index contributed by atoms with van der Waals surface area (Å²) < 4.78 is 16.7. The Balaban J connectivity index is 2.60. The minimum absolute atomic E-state index is 0.723. The van der Waals surface area contributed by atoms with Gasteiger partial charge < -0.3 is 0 Å². The van der Waals surface area contributed by atoms with Gasteiger partial charge in [-0.15, -0.1) is 0 Å². The molecule has 0 radical (unpaired) electrons. The van der Waals surface area contributed by atoms with Gasteiger partial charge in [0, 0.05) is 0 Å². The zero-order valence-corrected chi connectivity index (χ0v) is 6.33. The molecule has 0 aliphatic carbocycles. The normalized spacial score (nSPS) is 29.7. The van der Waals surface area contributed by atoms with E-state index in [1.807, 2.05) is 0 Å². The molecule has 1 fully saturated rings. The maximum absolute atomic E-state index is 10.3. The van der Waals surface area contributed by atoms with Crippen LogP contribution in [0.3, 0.4) is 0 Å². The van der Waals surface area contributed by atoms with Crippen LogP contribution >= 0.6 is 7.74 Å². The fraction of sp³-hybridized carbons (Fsp3) is 0.667. The molecule has 0 aromatic carbocycles. The summed E-state index contributed by atoms with van der Waals surface area (Å²) in [5.41, 5.74) is 0. The van der Waals surface area contributed by atoms with Crippen molar-refractivity contribution in [1.29, 1.82) is 0 Å². The van der Waals surface area contributed by atoms with Crippen LogP contribution in [0.2, 0.25) is 0 Å². The van der Waals surface area contributed by atoms with Gasteiger partial charge in [0.15, 0.2) is 0 Å². The number of rotatable bonds is 2. The van der Waals surface area contributed by atoms with Crippen LogP contribution in [0.15, 0.2) is 0 Å². The van der Waals surface area contributed by atoms with Gasteiger partial charge in [-0.25, -0.2) is 0 Å². The van der Waals surface area contributed by atoms with E-state index in [9.17, 15) is 4.79 Å². The second-order valence-corrected chi connectivity index (χ2v) is 4.08. The summed E-state index contributed by atoms with van der Waals surface area (Å²) in [7, 11) is -3.18. The van der Waals surface area contributed by atoms with E-state index in [1.54, 1.807) is 0 Å². The van der Waals surface area contributed by atoms with Gasteiger partial charge in [-0.3, -0.25) is 0 Å². The fourth-order valence-corrected chi connectivity index (χ4v) is 1.41. The van der Waals surface area contributed by atoms with Gasteiger partial charge in [0.2, 0.25) is 0 Å². The van der Waals surface area contributed by atoms with E-state index < -0.39 is 13.7 Å². The number of hydrogen-bond donors (Lipinski definition) is 1. The number of carbonyl (C=O) groups is 1. The molecule has 0 spiro atoms. The van der Waals surface area contributed by atoms with Crippen LogP contribution in [-0.4, -0.2) is 18.0 Å². The molecule has 0 amide bonds. The summed E-state index contributed by atoms with van der Waals surface area (Å²) in [6.07, 6.45) is 0. The van der Waals surface area contributed by atoms with Gasteiger partial charge in [-0.1, -0.05) is 0 Å². The van der Waals surface area contributed by atoms with Gasteiger partial charge >= 0.3 is 55.8 Å². The Hall–Kier alpha value is -0.260. The zero-order chi connectivity index (χ0) is 7.85. The predicted octanol–water partition coefficient (Wildman–Crippen LogP) is 0.278. The Morgan fingerprint density at radius 1 is 1.60 bits per heavy atom. The average Bonchev–Trinajstić information content (AvgIpc) is 2.45. The second-order valence-electron chi connectivity index (χ2n) is 1.69. The maximum atomic E-state index is 10.3. The molecular weight excluding hydrogens is 163 g/mol. The summed E-state index contributed by atoms with van der Waals surface area (Å²) in [6.45, 7) is 1.11. The first-order valence-electron chi connectivity index (χ1n) is 2.41. The van der Waals surface area contributed by atoms with Crippen molar-refractivity contribution in [3.8, 4) is 0 Å². The molecule has 10 heavy (non-hydrogen) atoms. The fourth-order valence-electron chi connectivity index (χ4n) is 0.386. The third-order valence-corrected chi connectivity index (χ3v) is 2.55. The van der Waals surface area contributed by atoms with Crippen LogP contribution in [0.25, 0.3) is 0 Å². The molecule has 0 atom stereocenters.